The first-order valence-electron chi connectivity index (χ1n) is 4.86. The highest BCUT2D eigenvalue weighted by Gasteiger charge is 2.23. The predicted molar refractivity (Wildman–Crippen MR) is 59.1 cm³/mol. The number of anilines is 2. The van der Waals surface area contributed by atoms with Gasteiger partial charge >= 0.3 is 0 Å². The topological polar surface area (TPSA) is 55.6 Å². The van der Waals surface area contributed by atoms with E-state index in [4.69, 9.17) is 10.5 Å². The molecule has 0 aliphatic carbocycles. The summed E-state index contributed by atoms with van der Waals surface area (Å²) in [6, 6.07) is 3.61. The molecule has 1 heterocycles. The summed E-state index contributed by atoms with van der Waals surface area (Å²) in [7, 11) is 3.38. The zero-order valence-electron chi connectivity index (χ0n) is 8.91. The van der Waals surface area contributed by atoms with Gasteiger partial charge < -0.3 is 15.4 Å². The molecule has 0 aromatic heterocycles. The molecule has 0 radical (unpaired) electrons. The molecule has 4 nitrogen and oxygen atoms in total. The number of ether oxygens (including phenoxy) is 1. The van der Waals surface area contributed by atoms with Crippen molar-refractivity contribution >= 4 is 17.3 Å². The average molecular weight is 206 g/mol. The van der Waals surface area contributed by atoms with Gasteiger partial charge in [-0.15, -0.1) is 0 Å². The van der Waals surface area contributed by atoms with E-state index in [0.717, 1.165) is 23.4 Å². The fraction of sp³-hybridized carbons (Fsp3) is 0.364. The van der Waals surface area contributed by atoms with Gasteiger partial charge in [-0.25, -0.2) is 0 Å². The van der Waals surface area contributed by atoms with Gasteiger partial charge in [-0.05, 0) is 12.5 Å². The van der Waals surface area contributed by atoms with Gasteiger partial charge in [0.2, 0.25) is 5.91 Å². The SMILES string of the molecule is COc1cc(N)cc2c1CCC(=O)N2C. The summed E-state index contributed by atoms with van der Waals surface area (Å²) in [5, 5.41) is 0. The van der Waals surface area contributed by atoms with Crippen molar-refractivity contribution in [1.82, 2.24) is 0 Å². The van der Waals surface area contributed by atoms with Crippen LogP contribution in [0.25, 0.3) is 0 Å². The molecule has 0 atom stereocenters. The van der Waals surface area contributed by atoms with Gasteiger partial charge in [-0.2, -0.15) is 0 Å². The minimum Gasteiger partial charge on any atom is -0.496 e. The van der Waals surface area contributed by atoms with Gasteiger partial charge in [0.25, 0.3) is 0 Å². The molecule has 0 saturated heterocycles. The van der Waals surface area contributed by atoms with Crippen molar-refractivity contribution in [3.63, 3.8) is 0 Å². The highest BCUT2D eigenvalue weighted by molar-refractivity contribution is 5.97. The number of carbonyl (C=O) groups is 1. The smallest absolute Gasteiger partial charge is 0.227 e. The number of nitrogens with two attached hydrogens (primary N) is 1. The van der Waals surface area contributed by atoms with Crippen LogP contribution in [-0.4, -0.2) is 20.1 Å². The second-order valence-electron chi connectivity index (χ2n) is 3.67. The molecule has 1 aromatic carbocycles. The van der Waals surface area contributed by atoms with Gasteiger partial charge in [0, 0.05) is 30.8 Å². The van der Waals surface area contributed by atoms with Crippen LogP contribution in [-0.2, 0) is 11.2 Å². The van der Waals surface area contributed by atoms with Crippen LogP contribution < -0.4 is 15.4 Å². The fourth-order valence-electron chi connectivity index (χ4n) is 1.92. The second kappa shape index (κ2) is 3.46. The first-order chi connectivity index (χ1) is 7.13. The van der Waals surface area contributed by atoms with E-state index in [1.807, 2.05) is 6.07 Å². The number of hydrogen-bond donors (Lipinski definition) is 1. The van der Waals surface area contributed by atoms with Crippen molar-refractivity contribution in [2.45, 2.75) is 12.8 Å². The molecule has 0 fully saturated rings. The van der Waals surface area contributed by atoms with Crippen molar-refractivity contribution in [2.24, 2.45) is 0 Å². The summed E-state index contributed by atoms with van der Waals surface area (Å²) < 4.78 is 5.26. The van der Waals surface area contributed by atoms with Crippen molar-refractivity contribution in [1.29, 1.82) is 0 Å². The lowest BCUT2D eigenvalue weighted by atomic mass is 10.00. The Morgan fingerprint density at radius 1 is 1.40 bits per heavy atom. The second-order valence-corrected chi connectivity index (χ2v) is 3.67. The lowest BCUT2D eigenvalue weighted by Crippen LogP contribution is -2.31. The number of amides is 1. The first kappa shape index (κ1) is 9.83. The van der Waals surface area contributed by atoms with Crippen molar-refractivity contribution in [2.75, 3.05) is 24.8 Å². The monoisotopic (exact) mass is 206 g/mol. The Balaban J connectivity index is 2.58. The van der Waals surface area contributed by atoms with E-state index in [1.54, 1.807) is 25.1 Å². The van der Waals surface area contributed by atoms with Gasteiger partial charge in [0.1, 0.15) is 5.75 Å². The lowest BCUT2D eigenvalue weighted by molar-refractivity contribution is -0.118. The Bertz CT molecular complexity index is 415. The number of methoxy groups -OCH3 is 1. The van der Waals surface area contributed by atoms with Crippen LogP contribution in [0.2, 0.25) is 0 Å². The summed E-state index contributed by atoms with van der Waals surface area (Å²) in [6.07, 6.45) is 1.26. The predicted octanol–water partition coefficient (Wildman–Crippen LogP) is 1.19. The van der Waals surface area contributed by atoms with Crippen LogP contribution in [0.1, 0.15) is 12.0 Å². The third-order valence-corrected chi connectivity index (χ3v) is 2.75. The van der Waals surface area contributed by atoms with Crippen LogP contribution in [0.4, 0.5) is 11.4 Å². The molecule has 2 N–H and O–H groups in total. The Kier molecular flexibility index (Phi) is 2.26. The molecule has 1 amide bonds. The molecule has 0 spiro atoms. The number of nitrogens with zero attached hydrogens (tertiary/aromatic N) is 1. The van der Waals surface area contributed by atoms with E-state index in [0.29, 0.717) is 12.1 Å². The molecule has 1 aliphatic heterocycles. The number of hydrogen-bond acceptors (Lipinski definition) is 3. The standard InChI is InChI=1S/C11H14N2O2/c1-13-9-5-7(12)6-10(15-2)8(9)3-4-11(13)14/h5-6H,3-4,12H2,1-2H3. The van der Waals surface area contributed by atoms with E-state index in [9.17, 15) is 4.79 Å². The van der Waals surface area contributed by atoms with Crippen LogP contribution >= 0.6 is 0 Å². The molecular formula is C11H14N2O2. The molecule has 2 rings (SSSR count). The summed E-state index contributed by atoms with van der Waals surface area (Å²) in [5.41, 5.74) is 8.29. The third-order valence-electron chi connectivity index (χ3n) is 2.75. The largest absolute Gasteiger partial charge is 0.496 e. The van der Waals surface area contributed by atoms with Gasteiger partial charge in [-0.1, -0.05) is 0 Å². The highest BCUT2D eigenvalue weighted by Crippen LogP contribution is 2.36. The number of carbonyl (C=O) groups excluding carboxylic acids is 1. The molecule has 80 valence electrons. The Morgan fingerprint density at radius 3 is 2.80 bits per heavy atom. The molecule has 15 heavy (non-hydrogen) atoms. The molecule has 0 saturated carbocycles. The minimum absolute atomic E-state index is 0.121. The molecule has 1 aromatic rings. The lowest BCUT2D eigenvalue weighted by Gasteiger charge is -2.27. The van der Waals surface area contributed by atoms with Crippen LogP contribution in [0, 0.1) is 0 Å². The van der Waals surface area contributed by atoms with E-state index < -0.39 is 0 Å². The fourth-order valence-corrected chi connectivity index (χ4v) is 1.92. The van der Waals surface area contributed by atoms with Crippen LogP contribution in [0.5, 0.6) is 5.75 Å². The molecule has 0 bridgehead atoms. The van der Waals surface area contributed by atoms with E-state index in [2.05, 4.69) is 0 Å². The maximum absolute atomic E-state index is 11.5. The number of fused-ring (bicyclic) bond motifs is 1. The van der Waals surface area contributed by atoms with Crippen molar-refractivity contribution < 1.29 is 9.53 Å². The quantitative estimate of drug-likeness (QED) is 0.702. The minimum atomic E-state index is 0.121. The first-order valence-corrected chi connectivity index (χ1v) is 4.86. The molecule has 0 unspecified atom stereocenters. The van der Waals surface area contributed by atoms with Gasteiger partial charge in [-0.3, -0.25) is 4.79 Å². The van der Waals surface area contributed by atoms with E-state index in [1.165, 1.54) is 0 Å². The van der Waals surface area contributed by atoms with Gasteiger partial charge in [0.15, 0.2) is 0 Å². The average Bonchev–Trinajstić information content (AvgIpc) is 2.23. The molecule has 4 heteroatoms. The van der Waals surface area contributed by atoms with E-state index >= 15 is 0 Å². The normalized spacial score (nSPS) is 15.1. The van der Waals surface area contributed by atoms with Crippen LogP contribution in [0.15, 0.2) is 12.1 Å². The summed E-state index contributed by atoms with van der Waals surface area (Å²) >= 11 is 0. The molecule has 1 aliphatic rings. The zero-order valence-corrected chi connectivity index (χ0v) is 8.91. The highest BCUT2D eigenvalue weighted by atomic mass is 16.5. The summed E-state index contributed by atoms with van der Waals surface area (Å²) in [5.74, 6) is 0.888. The van der Waals surface area contributed by atoms with Crippen molar-refractivity contribution in [3.05, 3.63) is 17.7 Å². The Labute approximate surface area is 88.6 Å². The van der Waals surface area contributed by atoms with Gasteiger partial charge in [0.05, 0.1) is 12.8 Å². The number of benzene rings is 1. The zero-order chi connectivity index (χ0) is 11.0. The summed E-state index contributed by atoms with van der Waals surface area (Å²) in [6.45, 7) is 0. The summed E-state index contributed by atoms with van der Waals surface area (Å²) in [4.78, 5) is 13.1. The number of rotatable bonds is 1. The maximum atomic E-state index is 11.5. The maximum Gasteiger partial charge on any atom is 0.227 e. The third kappa shape index (κ3) is 1.52. The Hall–Kier alpha value is -1.71. The van der Waals surface area contributed by atoms with E-state index in [-0.39, 0.29) is 5.91 Å². The van der Waals surface area contributed by atoms with Crippen LogP contribution in [0.3, 0.4) is 0 Å². The Morgan fingerprint density at radius 2 is 2.13 bits per heavy atom. The molecular weight excluding hydrogens is 192 g/mol. The number of nitrogen functional groups attached to an aromatic ring is 1. The van der Waals surface area contributed by atoms with Crippen molar-refractivity contribution in [3.8, 4) is 5.75 Å².